The first-order chi connectivity index (χ1) is 10.0. The van der Waals surface area contributed by atoms with Crippen molar-refractivity contribution < 1.29 is 9.21 Å². The highest BCUT2D eigenvalue weighted by Crippen LogP contribution is 2.24. The van der Waals surface area contributed by atoms with Crippen molar-refractivity contribution in [2.45, 2.75) is 6.92 Å². The van der Waals surface area contributed by atoms with Gasteiger partial charge in [0, 0.05) is 34.4 Å². The zero-order chi connectivity index (χ0) is 15.4. The number of hydrogen-bond donors (Lipinski definition) is 1. The van der Waals surface area contributed by atoms with E-state index in [0.29, 0.717) is 15.2 Å². The fourth-order valence-electron chi connectivity index (χ4n) is 1.63. The topological polar surface area (TPSA) is 66.0 Å². The van der Waals surface area contributed by atoms with Crippen molar-refractivity contribution in [2.24, 2.45) is 0 Å². The molecule has 0 radical (unpaired) electrons. The van der Waals surface area contributed by atoms with E-state index in [1.807, 2.05) is 53.8 Å². The van der Waals surface area contributed by atoms with Gasteiger partial charge < -0.3 is 9.73 Å². The lowest BCUT2D eigenvalue weighted by Crippen LogP contribution is -2.14. The zero-order valence-corrected chi connectivity index (χ0v) is 14.7. The minimum Gasteiger partial charge on any atom is -0.450 e. The van der Waals surface area contributed by atoms with Crippen molar-refractivity contribution in [1.82, 2.24) is 0 Å². The maximum Gasteiger partial charge on any atom is 0.266 e. The summed E-state index contributed by atoms with van der Waals surface area (Å²) >= 11 is 5.33. The van der Waals surface area contributed by atoms with Crippen LogP contribution in [-0.4, -0.2) is 5.91 Å². The van der Waals surface area contributed by atoms with Crippen molar-refractivity contribution >= 4 is 56.2 Å². The maximum atomic E-state index is 12.1. The third-order valence-electron chi connectivity index (χ3n) is 2.71. The number of nitriles is 1. The second kappa shape index (κ2) is 6.91. The Bertz CT molecular complexity index is 740. The number of nitrogens with one attached hydrogen (secondary N) is 1. The summed E-state index contributed by atoms with van der Waals surface area (Å²) in [5, 5.41) is 11.9. The molecule has 2 aromatic rings. The van der Waals surface area contributed by atoms with Gasteiger partial charge in [-0.05, 0) is 40.5 Å². The lowest BCUT2D eigenvalue weighted by molar-refractivity contribution is -0.112. The van der Waals surface area contributed by atoms with Crippen molar-refractivity contribution in [1.29, 1.82) is 5.26 Å². The Morgan fingerprint density at radius 2 is 2.19 bits per heavy atom. The molecule has 1 heterocycles. The minimum atomic E-state index is -0.464. The first kappa shape index (κ1) is 15.8. The molecule has 106 valence electrons. The SMILES string of the molecule is Cc1ccccc1NC(=O)/C(C#N)=C/c1cc(Br)c(I)o1. The lowest BCUT2D eigenvalue weighted by atomic mass is 10.2. The van der Waals surface area contributed by atoms with Gasteiger partial charge in [0.1, 0.15) is 17.4 Å². The monoisotopic (exact) mass is 456 g/mol. The van der Waals surface area contributed by atoms with Crippen LogP contribution in [0.25, 0.3) is 6.08 Å². The number of rotatable bonds is 3. The minimum absolute atomic E-state index is 0.0177. The number of aryl methyl sites for hydroxylation is 1. The lowest BCUT2D eigenvalue weighted by Gasteiger charge is -2.06. The fraction of sp³-hybridized carbons (Fsp3) is 0.0667. The Balaban J connectivity index is 2.24. The van der Waals surface area contributed by atoms with E-state index in [1.165, 1.54) is 6.08 Å². The summed E-state index contributed by atoms with van der Waals surface area (Å²) in [6.07, 6.45) is 1.42. The van der Waals surface area contributed by atoms with Gasteiger partial charge in [-0.1, -0.05) is 18.2 Å². The molecule has 0 aliphatic carbocycles. The van der Waals surface area contributed by atoms with Crippen molar-refractivity contribution in [2.75, 3.05) is 5.32 Å². The first-order valence-corrected chi connectivity index (χ1v) is 7.82. The Kier molecular flexibility index (Phi) is 5.20. The number of nitrogens with zero attached hydrogens (tertiary/aromatic N) is 1. The largest absolute Gasteiger partial charge is 0.450 e. The van der Waals surface area contributed by atoms with Crippen LogP contribution >= 0.6 is 38.5 Å². The Morgan fingerprint density at radius 3 is 2.76 bits per heavy atom. The molecule has 1 N–H and O–H groups in total. The molecule has 0 bridgehead atoms. The summed E-state index contributed by atoms with van der Waals surface area (Å²) in [6, 6.07) is 11.0. The summed E-state index contributed by atoms with van der Waals surface area (Å²) in [4.78, 5) is 12.1. The summed E-state index contributed by atoms with van der Waals surface area (Å²) in [6.45, 7) is 1.89. The van der Waals surface area contributed by atoms with E-state index >= 15 is 0 Å². The third-order valence-corrected chi connectivity index (χ3v) is 4.84. The van der Waals surface area contributed by atoms with E-state index in [2.05, 4.69) is 21.2 Å². The molecule has 0 saturated heterocycles. The molecule has 21 heavy (non-hydrogen) atoms. The number of furan rings is 1. The molecular formula is C15H10BrIN2O2. The number of anilines is 1. The Hall–Kier alpha value is -1.59. The van der Waals surface area contributed by atoms with Gasteiger partial charge in [-0.2, -0.15) is 5.26 Å². The number of halogens is 2. The quantitative estimate of drug-likeness (QED) is 0.420. The average molecular weight is 457 g/mol. The van der Waals surface area contributed by atoms with Gasteiger partial charge >= 0.3 is 0 Å². The summed E-state index contributed by atoms with van der Waals surface area (Å²) in [5.41, 5.74) is 1.59. The van der Waals surface area contributed by atoms with Gasteiger partial charge in [0.05, 0.1) is 4.47 Å². The molecule has 0 saturated carbocycles. The first-order valence-electron chi connectivity index (χ1n) is 5.95. The zero-order valence-electron chi connectivity index (χ0n) is 11.0. The molecule has 6 heteroatoms. The van der Waals surface area contributed by atoms with Gasteiger partial charge in [0.25, 0.3) is 5.91 Å². The smallest absolute Gasteiger partial charge is 0.266 e. The second-order valence-electron chi connectivity index (χ2n) is 4.21. The van der Waals surface area contributed by atoms with Crippen LogP contribution in [0.2, 0.25) is 0 Å². The average Bonchev–Trinajstić information content (AvgIpc) is 2.77. The molecule has 0 fully saturated rings. The van der Waals surface area contributed by atoms with E-state index in [4.69, 9.17) is 9.68 Å². The number of hydrogen-bond acceptors (Lipinski definition) is 3. The highest BCUT2D eigenvalue weighted by molar-refractivity contribution is 14.1. The maximum absolute atomic E-state index is 12.1. The molecule has 2 rings (SSSR count). The van der Waals surface area contributed by atoms with Crippen LogP contribution in [-0.2, 0) is 4.79 Å². The highest BCUT2D eigenvalue weighted by atomic mass is 127. The van der Waals surface area contributed by atoms with Crippen LogP contribution in [0.5, 0.6) is 0 Å². The third kappa shape index (κ3) is 3.95. The summed E-state index contributed by atoms with van der Waals surface area (Å²) < 4.78 is 6.85. The van der Waals surface area contributed by atoms with Crippen molar-refractivity contribution in [3.63, 3.8) is 0 Å². The Labute approximate surface area is 144 Å². The number of carbonyl (C=O) groups excluding carboxylic acids is 1. The van der Waals surface area contributed by atoms with Crippen LogP contribution in [0.15, 0.2) is 44.8 Å². The molecule has 0 atom stereocenters. The van der Waals surface area contributed by atoms with Gasteiger partial charge in [-0.3, -0.25) is 4.79 Å². The molecular weight excluding hydrogens is 447 g/mol. The van der Waals surface area contributed by atoms with Gasteiger partial charge in [-0.15, -0.1) is 0 Å². The Morgan fingerprint density at radius 1 is 1.48 bits per heavy atom. The standard InChI is InChI=1S/C15H10BrIN2O2/c1-9-4-2-3-5-13(9)19-15(20)10(8-18)6-11-7-12(16)14(17)21-11/h2-7H,1H3,(H,19,20)/b10-6+. The van der Waals surface area contributed by atoms with Crippen LogP contribution < -0.4 is 5.32 Å². The molecule has 1 aromatic heterocycles. The molecule has 0 spiro atoms. The molecule has 4 nitrogen and oxygen atoms in total. The van der Waals surface area contributed by atoms with Crippen LogP contribution in [0.3, 0.4) is 0 Å². The molecule has 1 aromatic carbocycles. The predicted octanol–water partition coefficient (Wildman–Crippen LogP) is 4.50. The van der Waals surface area contributed by atoms with Crippen molar-refractivity contribution in [3.8, 4) is 6.07 Å². The van der Waals surface area contributed by atoms with Crippen LogP contribution in [0.4, 0.5) is 5.69 Å². The van der Waals surface area contributed by atoms with Crippen LogP contribution in [0.1, 0.15) is 11.3 Å². The van der Waals surface area contributed by atoms with Crippen molar-refractivity contribution in [3.05, 3.63) is 55.5 Å². The number of para-hydroxylation sites is 1. The van der Waals surface area contributed by atoms with E-state index < -0.39 is 5.91 Å². The summed E-state index contributed by atoms with van der Waals surface area (Å²) in [7, 11) is 0. The van der Waals surface area contributed by atoms with E-state index in [-0.39, 0.29) is 5.57 Å². The molecule has 0 unspecified atom stereocenters. The van der Waals surface area contributed by atoms with E-state index in [1.54, 1.807) is 12.1 Å². The van der Waals surface area contributed by atoms with Crippen LogP contribution in [0, 0.1) is 22.0 Å². The molecule has 1 amide bonds. The second-order valence-corrected chi connectivity index (χ2v) is 6.04. The van der Waals surface area contributed by atoms with Gasteiger partial charge in [0.2, 0.25) is 0 Å². The van der Waals surface area contributed by atoms with Gasteiger partial charge in [0.15, 0.2) is 3.77 Å². The number of carbonyl (C=O) groups is 1. The highest BCUT2D eigenvalue weighted by Gasteiger charge is 2.12. The molecule has 0 aliphatic heterocycles. The number of amides is 1. The fourth-order valence-corrected chi connectivity index (χ4v) is 2.34. The van der Waals surface area contributed by atoms with Gasteiger partial charge in [-0.25, -0.2) is 0 Å². The van der Waals surface area contributed by atoms with E-state index in [9.17, 15) is 4.79 Å². The summed E-state index contributed by atoms with van der Waals surface area (Å²) in [5.74, 6) is -0.0166. The molecule has 0 aliphatic rings. The van der Waals surface area contributed by atoms with E-state index in [0.717, 1.165) is 10.0 Å². The predicted molar refractivity (Wildman–Crippen MR) is 92.5 cm³/mol. The normalized spacial score (nSPS) is 11.0. The number of benzene rings is 1.